The van der Waals surface area contributed by atoms with Crippen LogP contribution in [0.4, 0.5) is 19.0 Å². The second-order valence-corrected chi connectivity index (χ2v) is 7.19. The Bertz CT molecular complexity index is 1010. The molecule has 168 valence electrons. The van der Waals surface area contributed by atoms with Crippen molar-refractivity contribution in [3.8, 4) is 11.4 Å². The summed E-state index contributed by atoms with van der Waals surface area (Å²) in [7, 11) is 0. The lowest BCUT2D eigenvalue weighted by Crippen LogP contribution is -2.40. The molecule has 0 saturated carbocycles. The first-order chi connectivity index (χ1) is 14.8. The van der Waals surface area contributed by atoms with Crippen molar-refractivity contribution in [2.75, 3.05) is 18.4 Å². The largest absolute Gasteiger partial charge is 0.422 e. The van der Waals surface area contributed by atoms with Crippen LogP contribution in [0.3, 0.4) is 0 Å². The van der Waals surface area contributed by atoms with E-state index in [2.05, 4.69) is 30.6 Å². The van der Waals surface area contributed by atoms with Gasteiger partial charge in [0, 0.05) is 18.8 Å². The van der Waals surface area contributed by atoms with Gasteiger partial charge in [0.05, 0.1) is 36.2 Å². The Morgan fingerprint density at radius 2 is 1.94 bits per heavy atom. The highest BCUT2D eigenvalue weighted by Gasteiger charge is 2.52. The van der Waals surface area contributed by atoms with E-state index in [0.717, 1.165) is 32.1 Å². The highest BCUT2D eigenvalue weighted by atomic mass is 19.4. The Hall–Kier alpha value is -2.79. The van der Waals surface area contributed by atoms with Gasteiger partial charge >= 0.3 is 6.18 Å². The summed E-state index contributed by atoms with van der Waals surface area (Å²) in [6.07, 6.45) is 4.10. The number of imidazole rings is 1. The van der Waals surface area contributed by atoms with Crippen LogP contribution < -0.4 is 10.6 Å². The molecular formula is C20H26F3N7O. The molecule has 0 aromatic carbocycles. The molecule has 0 aliphatic carbocycles. The standard InChI is InChI=1S/C18H20F3N7O.C2H6/c1-17(29,18(19,20)21)14-10-28-13(7-25-16(28)9-24-14)12-6-23-8-15(27-12)26-11-3-2-4-22-5-11;1-2/h6-11,22,29H,2-5H2,1H3,(H,26,27);1-2H3. The zero-order valence-corrected chi connectivity index (χ0v) is 17.6. The number of fused-ring (bicyclic) bond motifs is 1. The maximum atomic E-state index is 13.2. The Balaban J connectivity index is 0.00000132. The molecule has 1 aliphatic heterocycles. The lowest BCUT2D eigenvalue weighted by Gasteiger charge is -2.25. The van der Waals surface area contributed by atoms with Crippen molar-refractivity contribution in [3.05, 3.63) is 36.7 Å². The summed E-state index contributed by atoms with van der Waals surface area (Å²) in [5.41, 5.74) is -2.41. The minimum atomic E-state index is -4.87. The third-order valence-corrected chi connectivity index (χ3v) is 4.99. The lowest BCUT2D eigenvalue weighted by molar-refractivity contribution is -0.260. The minimum Gasteiger partial charge on any atom is -0.375 e. The molecule has 1 saturated heterocycles. The van der Waals surface area contributed by atoms with E-state index in [1.54, 1.807) is 6.20 Å². The molecule has 0 amide bonds. The summed E-state index contributed by atoms with van der Waals surface area (Å²) < 4.78 is 41.0. The summed E-state index contributed by atoms with van der Waals surface area (Å²) >= 11 is 0. The van der Waals surface area contributed by atoms with Gasteiger partial charge in [-0.05, 0) is 26.3 Å². The molecule has 4 heterocycles. The fourth-order valence-corrected chi connectivity index (χ4v) is 3.22. The Morgan fingerprint density at radius 3 is 2.61 bits per heavy atom. The number of aromatic nitrogens is 5. The van der Waals surface area contributed by atoms with Crippen LogP contribution in [0.1, 0.15) is 39.3 Å². The molecule has 0 bridgehead atoms. The first kappa shape index (κ1) is 22.9. The van der Waals surface area contributed by atoms with E-state index in [-0.39, 0.29) is 6.04 Å². The van der Waals surface area contributed by atoms with E-state index in [1.807, 2.05) is 13.8 Å². The molecule has 11 heteroatoms. The van der Waals surface area contributed by atoms with Crippen molar-refractivity contribution in [3.63, 3.8) is 0 Å². The van der Waals surface area contributed by atoms with Gasteiger partial charge in [-0.3, -0.25) is 14.4 Å². The number of aliphatic hydroxyl groups is 1. The molecule has 1 aliphatic rings. The molecule has 4 rings (SSSR count). The molecule has 2 unspecified atom stereocenters. The van der Waals surface area contributed by atoms with E-state index in [0.29, 0.717) is 29.8 Å². The van der Waals surface area contributed by atoms with Crippen molar-refractivity contribution < 1.29 is 18.3 Å². The fourth-order valence-electron chi connectivity index (χ4n) is 3.22. The third-order valence-electron chi connectivity index (χ3n) is 4.99. The van der Waals surface area contributed by atoms with Crippen LogP contribution in [0.2, 0.25) is 0 Å². The van der Waals surface area contributed by atoms with E-state index in [1.165, 1.54) is 23.0 Å². The van der Waals surface area contributed by atoms with Crippen molar-refractivity contribution in [1.29, 1.82) is 0 Å². The Labute approximate surface area is 178 Å². The molecular weight excluding hydrogens is 411 g/mol. The van der Waals surface area contributed by atoms with Gasteiger partial charge in [0.1, 0.15) is 11.5 Å². The van der Waals surface area contributed by atoms with Gasteiger partial charge in [-0.1, -0.05) is 13.8 Å². The number of anilines is 1. The molecule has 3 N–H and O–H groups in total. The molecule has 2 atom stereocenters. The van der Waals surface area contributed by atoms with Crippen molar-refractivity contribution >= 4 is 11.5 Å². The molecule has 0 radical (unpaired) electrons. The zero-order valence-electron chi connectivity index (χ0n) is 17.6. The number of rotatable bonds is 4. The average Bonchev–Trinajstić information content (AvgIpc) is 3.19. The zero-order chi connectivity index (χ0) is 22.6. The maximum absolute atomic E-state index is 13.2. The van der Waals surface area contributed by atoms with Crippen LogP contribution in [-0.2, 0) is 5.60 Å². The predicted octanol–water partition coefficient (Wildman–Crippen LogP) is 3.15. The van der Waals surface area contributed by atoms with Crippen molar-refractivity contribution in [2.24, 2.45) is 0 Å². The third kappa shape index (κ3) is 4.77. The second kappa shape index (κ2) is 9.15. The van der Waals surface area contributed by atoms with Crippen molar-refractivity contribution in [2.45, 2.75) is 51.4 Å². The van der Waals surface area contributed by atoms with Crippen LogP contribution in [0.5, 0.6) is 0 Å². The molecule has 0 spiro atoms. The van der Waals surface area contributed by atoms with E-state index < -0.39 is 17.5 Å². The van der Waals surface area contributed by atoms with Crippen LogP contribution in [-0.4, -0.2) is 54.8 Å². The number of hydrogen-bond acceptors (Lipinski definition) is 7. The lowest BCUT2D eigenvalue weighted by atomic mass is 10.0. The van der Waals surface area contributed by atoms with Crippen LogP contribution in [0.15, 0.2) is 31.0 Å². The molecule has 1 fully saturated rings. The van der Waals surface area contributed by atoms with E-state index in [9.17, 15) is 18.3 Å². The normalized spacial score (nSPS) is 18.7. The predicted molar refractivity (Wildman–Crippen MR) is 111 cm³/mol. The number of alkyl halides is 3. The molecule has 3 aromatic rings. The second-order valence-electron chi connectivity index (χ2n) is 7.19. The van der Waals surface area contributed by atoms with Crippen molar-refractivity contribution in [1.82, 2.24) is 29.7 Å². The van der Waals surface area contributed by atoms with E-state index >= 15 is 0 Å². The summed E-state index contributed by atoms with van der Waals surface area (Å²) in [6.45, 7) is 6.48. The monoisotopic (exact) mass is 437 g/mol. The number of hydrogen-bond donors (Lipinski definition) is 3. The topological polar surface area (TPSA) is 100 Å². The van der Waals surface area contributed by atoms with Gasteiger partial charge in [-0.2, -0.15) is 13.2 Å². The highest BCUT2D eigenvalue weighted by molar-refractivity contribution is 5.60. The Kier molecular flexibility index (Phi) is 6.75. The summed E-state index contributed by atoms with van der Waals surface area (Å²) in [4.78, 5) is 16.6. The summed E-state index contributed by atoms with van der Waals surface area (Å²) in [6, 6.07) is 0.230. The summed E-state index contributed by atoms with van der Waals surface area (Å²) in [5.74, 6) is 0.572. The minimum absolute atomic E-state index is 0.230. The maximum Gasteiger partial charge on any atom is 0.422 e. The number of piperidine rings is 1. The SMILES string of the molecule is CC.CC(O)(c1cn2c(-c3cncc(NC4CCCNC4)n3)cnc2cn1)C(F)(F)F. The first-order valence-electron chi connectivity index (χ1n) is 10.2. The number of nitrogens with zero attached hydrogens (tertiary/aromatic N) is 5. The number of nitrogens with one attached hydrogen (secondary N) is 2. The Morgan fingerprint density at radius 1 is 1.16 bits per heavy atom. The van der Waals surface area contributed by atoms with Gasteiger partial charge in [0.2, 0.25) is 5.60 Å². The highest BCUT2D eigenvalue weighted by Crippen LogP contribution is 2.37. The molecule has 3 aromatic heterocycles. The van der Waals surface area contributed by atoms with Gasteiger partial charge in [0.25, 0.3) is 0 Å². The van der Waals surface area contributed by atoms with Gasteiger partial charge in [0.15, 0.2) is 5.65 Å². The quantitative estimate of drug-likeness (QED) is 0.577. The molecule has 31 heavy (non-hydrogen) atoms. The first-order valence-corrected chi connectivity index (χ1v) is 10.2. The van der Waals surface area contributed by atoms with Gasteiger partial charge < -0.3 is 15.7 Å². The number of halogens is 3. The fraction of sp³-hybridized carbons (Fsp3) is 0.500. The van der Waals surface area contributed by atoms with E-state index in [4.69, 9.17) is 0 Å². The van der Waals surface area contributed by atoms with Crippen LogP contribution in [0, 0.1) is 0 Å². The van der Waals surface area contributed by atoms with Crippen LogP contribution in [0.25, 0.3) is 17.0 Å². The van der Waals surface area contributed by atoms with Gasteiger partial charge in [-0.15, -0.1) is 0 Å². The van der Waals surface area contributed by atoms with Crippen LogP contribution >= 0.6 is 0 Å². The smallest absolute Gasteiger partial charge is 0.375 e. The van der Waals surface area contributed by atoms with Gasteiger partial charge in [-0.25, -0.2) is 9.97 Å². The summed E-state index contributed by atoms with van der Waals surface area (Å²) in [5, 5.41) is 16.6. The average molecular weight is 437 g/mol. The molecule has 8 nitrogen and oxygen atoms in total.